The summed E-state index contributed by atoms with van der Waals surface area (Å²) in [4.78, 5) is 4.70. The van der Waals surface area contributed by atoms with Crippen molar-refractivity contribution >= 4 is 23.4 Å². The van der Waals surface area contributed by atoms with Crippen LogP contribution >= 0.6 is 11.8 Å². The molecule has 3 rings (SSSR count). The van der Waals surface area contributed by atoms with Crippen molar-refractivity contribution in [1.82, 2.24) is 40.0 Å². The Kier molecular flexibility index (Phi) is 7.65. The van der Waals surface area contributed by atoms with Crippen LogP contribution in [-0.4, -0.2) is 60.4 Å². The molecular formula is C18H27N9S. The Morgan fingerprint density at radius 1 is 1.14 bits per heavy atom. The van der Waals surface area contributed by atoms with E-state index in [9.17, 15) is 0 Å². The molecule has 2 N–H and O–H groups in total. The van der Waals surface area contributed by atoms with Gasteiger partial charge in [0.25, 0.3) is 0 Å². The predicted octanol–water partition coefficient (Wildman–Crippen LogP) is 1.37. The molecule has 9 nitrogen and oxygen atoms in total. The number of pyridine rings is 1. The quantitative estimate of drug-likeness (QED) is 0.301. The van der Waals surface area contributed by atoms with Gasteiger partial charge < -0.3 is 15.2 Å². The number of hydrogen-bond donors (Lipinski definition) is 2. The van der Waals surface area contributed by atoms with Gasteiger partial charge in [0, 0.05) is 32.3 Å². The van der Waals surface area contributed by atoms with Crippen LogP contribution in [0, 0.1) is 0 Å². The molecule has 0 saturated carbocycles. The number of nitrogens with zero attached hydrogens (tertiary/aromatic N) is 7. The highest BCUT2D eigenvalue weighted by atomic mass is 32.2. The summed E-state index contributed by atoms with van der Waals surface area (Å²) in [5.41, 5.74) is 0.829. The van der Waals surface area contributed by atoms with E-state index in [0.717, 1.165) is 61.5 Å². The lowest BCUT2D eigenvalue weighted by Crippen LogP contribution is -2.39. The van der Waals surface area contributed by atoms with E-state index >= 15 is 0 Å². The summed E-state index contributed by atoms with van der Waals surface area (Å²) < 4.78 is 4.02. The monoisotopic (exact) mass is 401 g/mol. The van der Waals surface area contributed by atoms with Crippen LogP contribution in [0.5, 0.6) is 0 Å². The van der Waals surface area contributed by atoms with Gasteiger partial charge in [0.15, 0.2) is 17.4 Å². The van der Waals surface area contributed by atoms with E-state index in [1.165, 1.54) is 0 Å². The summed E-state index contributed by atoms with van der Waals surface area (Å²) in [6.07, 6.45) is 7.80. The number of rotatable bonds is 10. The number of thioether (sulfide) groups is 1. The van der Waals surface area contributed by atoms with E-state index in [2.05, 4.69) is 48.8 Å². The van der Waals surface area contributed by atoms with Crippen LogP contribution in [0.4, 0.5) is 0 Å². The first-order chi connectivity index (χ1) is 13.8. The second-order valence-corrected chi connectivity index (χ2v) is 7.19. The van der Waals surface area contributed by atoms with Gasteiger partial charge in [0.1, 0.15) is 18.7 Å². The molecular weight excluding hydrogens is 374 g/mol. The van der Waals surface area contributed by atoms with Gasteiger partial charge in [-0.05, 0) is 30.6 Å². The molecule has 28 heavy (non-hydrogen) atoms. The molecule has 3 aromatic rings. The van der Waals surface area contributed by atoms with Crippen molar-refractivity contribution in [3.8, 4) is 0 Å². The maximum absolute atomic E-state index is 4.70. The minimum atomic E-state index is 0.454. The third-order valence-corrected chi connectivity index (χ3v) is 4.93. The van der Waals surface area contributed by atoms with Crippen LogP contribution < -0.4 is 10.6 Å². The van der Waals surface area contributed by atoms with E-state index in [1.54, 1.807) is 6.33 Å². The fourth-order valence-corrected chi connectivity index (χ4v) is 3.21. The number of fused-ring (bicyclic) bond motifs is 1. The molecule has 10 heteroatoms. The van der Waals surface area contributed by atoms with Crippen LogP contribution in [0.25, 0.3) is 5.65 Å². The zero-order chi connectivity index (χ0) is 19.6. The second-order valence-electron chi connectivity index (χ2n) is 6.20. The highest BCUT2D eigenvalue weighted by molar-refractivity contribution is 7.98. The lowest BCUT2D eigenvalue weighted by molar-refractivity contribution is 0.630. The Morgan fingerprint density at radius 2 is 2.04 bits per heavy atom. The van der Waals surface area contributed by atoms with Crippen LogP contribution in [0.3, 0.4) is 0 Å². The lowest BCUT2D eigenvalue weighted by Gasteiger charge is -2.13. The zero-order valence-electron chi connectivity index (χ0n) is 16.4. The van der Waals surface area contributed by atoms with Crippen molar-refractivity contribution in [2.24, 2.45) is 4.99 Å². The summed E-state index contributed by atoms with van der Waals surface area (Å²) in [5, 5.41) is 23.3. The normalized spacial score (nSPS) is 11.9. The molecule has 0 aliphatic heterocycles. The number of aromatic nitrogens is 6. The van der Waals surface area contributed by atoms with E-state index in [0.29, 0.717) is 6.54 Å². The van der Waals surface area contributed by atoms with Crippen molar-refractivity contribution in [2.75, 3.05) is 25.1 Å². The predicted molar refractivity (Wildman–Crippen MR) is 113 cm³/mol. The number of hydrogen-bond acceptors (Lipinski definition) is 6. The first kappa shape index (κ1) is 20.1. The van der Waals surface area contributed by atoms with E-state index in [1.807, 2.05) is 40.6 Å². The Hall–Kier alpha value is -2.62. The summed E-state index contributed by atoms with van der Waals surface area (Å²) in [7, 11) is 0. The van der Waals surface area contributed by atoms with Gasteiger partial charge in [0.05, 0.1) is 0 Å². The van der Waals surface area contributed by atoms with Crippen molar-refractivity contribution in [3.63, 3.8) is 0 Å². The number of guanidine groups is 1. The van der Waals surface area contributed by atoms with Gasteiger partial charge >= 0.3 is 0 Å². The molecule has 0 atom stereocenters. The van der Waals surface area contributed by atoms with Crippen molar-refractivity contribution < 1.29 is 0 Å². The van der Waals surface area contributed by atoms with E-state index in [4.69, 9.17) is 4.99 Å². The van der Waals surface area contributed by atoms with Crippen molar-refractivity contribution in [3.05, 3.63) is 42.4 Å². The molecule has 0 spiro atoms. The molecule has 0 fully saturated rings. The molecule has 0 aliphatic carbocycles. The molecule has 0 amide bonds. The first-order valence-electron chi connectivity index (χ1n) is 9.48. The van der Waals surface area contributed by atoms with Gasteiger partial charge in [-0.2, -0.15) is 11.8 Å². The summed E-state index contributed by atoms with van der Waals surface area (Å²) >= 11 is 1.85. The summed E-state index contributed by atoms with van der Waals surface area (Å²) in [6.45, 7) is 4.93. The molecule has 0 aliphatic rings. The average molecular weight is 402 g/mol. The zero-order valence-corrected chi connectivity index (χ0v) is 17.2. The molecule has 0 radical (unpaired) electrons. The Balaban J connectivity index is 1.61. The van der Waals surface area contributed by atoms with Crippen LogP contribution in [0.1, 0.15) is 25.0 Å². The molecule has 3 heterocycles. The average Bonchev–Trinajstić information content (AvgIpc) is 3.35. The van der Waals surface area contributed by atoms with Crippen molar-refractivity contribution in [2.45, 2.75) is 32.9 Å². The molecule has 3 aromatic heterocycles. The van der Waals surface area contributed by atoms with Gasteiger partial charge in [-0.3, -0.25) is 4.40 Å². The summed E-state index contributed by atoms with van der Waals surface area (Å²) in [6, 6.07) is 5.85. The molecule has 150 valence electrons. The van der Waals surface area contributed by atoms with Gasteiger partial charge in [-0.15, -0.1) is 20.4 Å². The third-order valence-electron chi connectivity index (χ3n) is 4.24. The van der Waals surface area contributed by atoms with Crippen molar-refractivity contribution in [1.29, 1.82) is 0 Å². The molecule has 0 bridgehead atoms. The highest BCUT2D eigenvalue weighted by Crippen LogP contribution is 2.04. The van der Waals surface area contributed by atoms with Crippen LogP contribution in [-0.2, 0) is 19.5 Å². The second kappa shape index (κ2) is 10.6. The molecule has 0 aromatic carbocycles. The Bertz CT molecular complexity index is 886. The lowest BCUT2D eigenvalue weighted by atomic mass is 10.4. The maximum atomic E-state index is 4.70. The number of aliphatic imine (C=N–C) groups is 1. The number of nitrogens with one attached hydrogen (secondary N) is 2. The molecule has 0 unspecified atom stereocenters. The third kappa shape index (κ3) is 5.44. The minimum absolute atomic E-state index is 0.454. The van der Waals surface area contributed by atoms with Gasteiger partial charge in [0.2, 0.25) is 0 Å². The van der Waals surface area contributed by atoms with E-state index < -0.39 is 0 Å². The molecule has 0 saturated heterocycles. The first-order valence-corrected chi connectivity index (χ1v) is 10.9. The Labute approximate surface area is 169 Å². The van der Waals surface area contributed by atoms with Gasteiger partial charge in [-0.25, -0.2) is 4.99 Å². The minimum Gasteiger partial charge on any atom is -0.356 e. The van der Waals surface area contributed by atoms with Crippen LogP contribution in [0.15, 0.2) is 35.7 Å². The fraction of sp³-hybridized carbons (Fsp3) is 0.500. The summed E-state index contributed by atoms with van der Waals surface area (Å²) in [5.74, 6) is 3.70. The van der Waals surface area contributed by atoms with E-state index in [-0.39, 0.29) is 0 Å². The fourth-order valence-electron chi connectivity index (χ4n) is 2.78. The van der Waals surface area contributed by atoms with Crippen LogP contribution in [0.2, 0.25) is 0 Å². The Morgan fingerprint density at radius 3 is 2.89 bits per heavy atom. The topological polar surface area (TPSA) is 97.3 Å². The van der Waals surface area contributed by atoms with Gasteiger partial charge in [-0.1, -0.05) is 13.0 Å². The SMILES string of the molecule is CCc1nncn1CCNC(=NCc1nnc2ccccn12)NCCCSC. The smallest absolute Gasteiger partial charge is 0.191 e. The number of aryl methyl sites for hydroxylation is 1. The highest BCUT2D eigenvalue weighted by Gasteiger charge is 2.06. The maximum Gasteiger partial charge on any atom is 0.191 e. The standard InChI is InChI=1S/C18H27N9S/c1-3-15-23-22-14-26(15)11-9-20-18(19-8-6-12-28-2)21-13-17-25-24-16-7-4-5-10-27(16)17/h4-5,7,10,14H,3,6,8-9,11-13H2,1-2H3,(H2,19,20,21). The largest absolute Gasteiger partial charge is 0.356 e.